The number of phenols is 1. The number of para-hydroxylation sites is 1. The van der Waals surface area contributed by atoms with Gasteiger partial charge in [0.2, 0.25) is 0 Å². The molecule has 2 nitrogen and oxygen atoms in total. The number of phenolic OH excluding ortho intramolecular Hbond substituents is 1. The summed E-state index contributed by atoms with van der Waals surface area (Å²) in [5, 5.41) is 18.8. The number of aromatic hydroxyl groups is 1. The van der Waals surface area contributed by atoms with Gasteiger partial charge in [-0.05, 0) is 18.1 Å². The molecular formula is C11H14O2. The fraction of sp³-hybridized carbons (Fsp3) is 0.273. The van der Waals surface area contributed by atoms with Crippen molar-refractivity contribution in [1.29, 1.82) is 0 Å². The number of hydrogen-bond donors (Lipinski definition) is 2. The molecule has 0 spiro atoms. The number of hydrogen-bond acceptors (Lipinski definition) is 2. The third-order valence-electron chi connectivity index (χ3n) is 1.89. The number of benzene rings is 1. The molecule has 2 heteroatoms. The van der Waals surface area contributed by atoms with Gasteiger partial charge in [0, 0.05) is 6.42 Å². The van der Waals surface area contributed by atoms with E-state index in [-0.39, 0.29) is 5.75 Å². The molecule has 0 amide bonds. The van der Waals surface area contributed by atoms with E-state index in [1.165, 1.54) is 0 Å². The molecule has 0 aliphatic carbocycles. The molecule has 0 saturated carbocycles. The van der Waals surface area contributed by atoms with Crippen molar-refractivity contribution in [3.05, 3.63) is 42.5 Å². The van der Waals surface area contributed by atoms with Crippen LogP contribution in [0.15, 0.2) is 36.9 Å². The van der Waals surface area contributed by atoms with Crippen LogP contribution in [0.1, 0.15) is 12.0 Å². The van der Waals surface area contributed by atoms with Crippen molar-refractivity contribution in [2.45, 2.75) is 18.9 Å². The zero-order valence-corrected chi connectivity index (χ0v) is 7.48. The molecule has 13 heavy (non-hydrogen) atoms. The van der Waals surface area contributed by atoms with Gasteiger partial charge in [-0.2, -0.15) is 0 Å². The molecule has 0 aliphatic heterocycles. The maximum atomic E-state index is 9.44. The maximum Gasteiger partial charge on any atom is 0.118 e. The summed E-state index contributed by atoms with van der Waals surface area (Å²) in [4.78, 5) is 0. The zero-order chi connectivity index (χ0) is 9.68. The highest BCUT2D eigenvalue weighted by atomic mass is 16.3. The molecule has 0 aromatic heterocycles. The van der Waals surface area contributed by atoms with Gasteiger partial charge in [-0.15, -0.1) is 6.58 Å². The summed E-state index contributed by atoms with van der Waals surface area (Å²) in [6, 6.07) is 7.03. The van der Waals surface area contributed by atoms with Crippen LogP contribution in [0.4, 0.5) is 0 Å². The van der Waals surface area contributed by atoms with Gasteiger partial charge >= 0.3 is 0 Å². The van der Waals surface area contributed by atoms with Crippen molar-refractivity contribution >= 4 is 0 Å². The molecule has 1 atom stereocenters. The minimum atomic E-state index is -0.453. The number of aliphatic hydroxyl groups is 1. The summed E-state index contributed by atoms with van der Waals surface area (Å²) in [5.74, 6) is 0.241. The van der Waals surface area contributed by atoms with Crippen LogP contribution in [-0.2, 0) is 6.42 Å². The second-order valence-corrected chi connectivity index (χ2v) is 3.01. The van der Waals surface area contributed by atoms with Gasteiger partial charge in [-0.1, -0.05) is 24.3 Å². The Morgan fingerprint density at radius 2 is 2.08 bits per heavy atom. The SMILES string of the molecule is C=CCC(O)Cc1ccccc1O. The molecule has 0 fully saturated rings. The van der Waals surface area contributed by atoms with Crippen molar-refractivity contribution < 1.29 is 10.2 Å². The number of aliphatic hydroxyl groups excluding tert-OH is 1. The molecule has 70 valence electrons. The van der Waals surface area contributed by atoms with Crippen molar-refractivity contribution in [2.75, 3.05) is 0 Å². The van der Waals surface area contributed by atoms with Gasteiger partial charge < -0.3 is 10.2 Å². The summed E-state index contributed by atoms with van der Waals surface area (Å²) in [5.41, 5.74) is 0.775. The molecule has 1 rings (SSSR count). The van der Waals surface area contributed by atoms with Crippen LogP contribution in [-0.4, -0.2) is 16.3 Å². The highest BCUT2D eigenvalue weighted by Gasteiger charge is 2.06. The summed E-state index contributed by atoms with van der Waals surface area (Å²) >= 11 is 0. The Morgan fingerprint density at radius 3 is 2.69 bits per heavy atom. The molecule has 2 N–H and O–H groups in total. The molecule has 0 saturated heterocycles. The van der Waals surface area contributed by atoms with E-state index < -0.39 is 6.10 Å². The second kappa shape index (κ2) is 4.67. The Balaban J connectivity index is 2.63. The largest absolute Gasteiger partial charge is 0.508 e. The highest BCUT2D eigenvalue weighted by molar-refractivity contribution is 5.32. The molecule has 1 aromatic rings. The summed E-state index contributed by atoms with van der Waals surface area (Å²) < 4.78 is 0. The molecule has 1 unspecified atom stereocenters. The number of rotatable bonds is 4. The molecule has 0 bridgehead atoms. The quantitative estimate of drug-likeness (QED) is 0.691. The molecular weight excluding hydrogens is 164 g/mol. The fourth-order valence-electron chi connectivity index (χ4n) is 1.21. The Hall–Kier alpha value is -1.28. The Bertz CT molecular complexity index is 281. The van der Waals surface area contributed by atoms with E-state index in [0.717, 1.165) is 5.56 Å². The lowest BCUT2D eigenvalue weighted by Gasteiger charge is -2.08. The molecule has 0 aliphatic rings. The Morgan fingerprint density at radius 1 is 1.38 bits per heavy atom. The van der Waals surface area contributed by atoms with Crippen LogP contribution in [0.2, 0.25) is 0 Å². The van der Waals surface area contributed by atoms with Gasteiger partial charge in [0.15, 0.2) is 0 Å². The fourth-order valence-corrected chi connectivity index (χ4v) is 1.21. The summed E-state index contributed by atoms with van der Waals surface area (Å²) in [7, 11) is 0. The molecule has 0 radical (unpaired) electrons. The standard InChI is InChI=1S/C11H14O2/c1-2-5-10(12)8-9-6-3-4-7-11(9)13/h2-4,6-7,10,12-13H,1,5,8H2. The predicted molar refractivity (Wildman–Crippen MR) is 52.6 cm³/mol. The lowest BCUT2D eigenvalue weighted by atomic mass is 10.1. The lowest BCUT2D eigenvalue weighted by molar-refractivity contribution is 0.177. The van der Waals surface area contributed by atoms with Gasteiger partial charge in [-0.25, -0.2) is 0 Å². The topological polar surface area (TPSA) is 40.5 Å². The Labute approximate surface area is 78.2 Å². The molecule has 1 aromatic carbocycles. The van der Waals surface area contributed by atoms with E-state index in [0.29, 0.717) is 12.8 Å². The minimum Gasteiger partial charge on any atom is -0.508 e. The first kappa shape index (κ1) is 9.81. The van der Waals surface area contributed by atoms with E-state index in [1.807, 2.05) is 12.1 Å². The van der Waals surface area contributed by atoms with Crippen LogP contribution >= 0.6 is 0 Å². The van der Waals surface area contributed by atoms with Crippen molar-refractivity contribution in [1.82, 2.24) is 0 Å². The average Bonchev–Trinajstić information content (AvgIpc) is 2.09. The normalized spacial score (nSPS) is 12.4. The van der Waals surface area contributed by atoms with Crippen molar-refractivity contribution in [2.24, 2.45) is 0 Å². The van der Waals surface area contributed by atoms with Crippen LogP contribution in [0, 0.1) is 0 Å². The van der Waals surface area contributed by atoms with E-state index in [4.69, 9.17) is 0 Å². The maximum absolute atomic E-state index is 9.44. The monoisotopic (exact) mass is 178 g/mol. The third kappa shape index (κ3) is 2.92. The lowest BCUT2D eigenvalue weighted by Crippen LogP contribution is -2.08. The summed E-state index contributed by atoms with van der Waals surface area (Å²) in [6.07, 6.45) is 2.24. The van der Waals surface area contributed by atoms with E-state index in [1.54, 1.807) is 18.2 Å². The van der Waals surface area contributed by atoms with E-state index in [2.05, 4.69) is 6.58 Å². The van der Waals surface area contributed by atoms with Gasteiger partial charge in [-0.3, -0.25) is 0 Å². The van der Waals surface area contributed by atoms with Gasteiger partial charge in [0.1, 0.15) is 5.75 Å². The van der Waals surface area contributed by atoms with Crippen LogP contribution < -0.4 is 0 Å². The first-order valence-electron chi connectivity index (χ1n) is 4.30. The minimum absolute atomic E-state index is 0.241. The smallest absolute Gasteiger partial charge is 0.118 e. The van der Waals surface area contributed by atoms with E-state index >= 15 is 0 Å². The second-order valence-electron chi connectivity index (χ2n) is 3.01. The zero-order valence-electron chi connectivity index (χ0n) is 7.48. The van der Waals surface area contributed by atoms with Crippen LogP contribution in [0.3, 0.4) is 0 Å². The third-order valence-corrected chi connectivity index (χ3v) is 1.89. The Kier molecular flexibility index (Phi) is 3.53. The summed E-state index contributed by atoms with van der Waals surface area (Å²) in [6.45, 7) is 3.54. The average molecular weight is 178 g/mol. The van der Waals surface area contributed by atoms with Crippen LogP contribution in [0.25, 0.3) is 0 Å². The van der Waals surface area contributed by atoms with Crippen molar-refractivity contribution in [3.63, 3.8) is 0 Å². The highest BCUT2D eigenvalue weighted by Crippen LogP contribution is 2.18. The molecule has 0 heterocycles. The first-order chi connectivity index (χ1) is 6.24. The van der Waals surface area contributed by atoms with E-state index in [9.17, 15) is 10.2 Å². The van der Waals surface area contributed by atoms with Gasteiger partial charge in [0.25, 0.3) is 0 Å². The van der Waals surface area contributed by atoms with Crippen molar-refractivity contribution in [3.8, 4) is 5.75 Å². The predicted octanol–water partition coefficient (Wildman–Crippen LogP) is 1.87. The van der Waals surface area contributed by atoms with Crippen LogP contribution in [0.5, 0.6) is 5.75 Å². The first-order valence-corrected chi connectivity index (χ1v) is 4.30. The van der Waals surface area contributed by atoms with Gasteiger partial charge in [0.05, 0.1) is 6.10 Å².